The van der Waals surface area contributed by atoms with E-state index in [9.17, 15) is 0 Å². The number of rotatable bonds is 8. The Balaban J connectivity index is 1.91. The number of nitrogens with zero attached hydrogens (tertiary/aromatic N) is 3. The van der Waals surface area contributed by atoms with Crippen LogP contribution in [0.25, 0.3) is 5.65 Å². The summed E-state index contributed by atoms with van der Waals surface area (Å²) in [5.41, 5.74) is 3.19. The van der Waals surface area contributed by atoms with Crippen molar-refractivity contribution < 1.29 is 5.11 Å². The van der Waals surface area contributed by atoms with Gasteiger partial charge in [0.1, 0.15) is 11.6 Å². The molecule has 0 radical (unpaired) electrons. The van der Waals surface area contributed by atoms with Crippen LogP contribution in [0.4, 0.5) is 11.6 Å². The molecule has 0 amide bonds. The van der Waals surface area contributed by atoms with Gasteiger partial charge in [-0.2, -0.15) is 9.61 Å². The van der Waals surface area contributed by atoms with Gasteiger partial charge in [-0.25, -0.2) is 4.98 Å². The Labute approximate surface area is 147 Å². The lowest BCUT2D eigenvalue weighted by atomic mass is 10.1. The number of aliphatic hydroxyl groups is 1. The average molecular weight is 339 g/mol. The smallest absolute Gasteiger partial charge is 0.163 e. The minimum Gasteiger partial charge on any atom is -0.396 e. The van der Waals surface area contributed by atoms with Crippen LogP contribution in [0.5, 0.6) is 0 Å². The summed E-state index contributed by atoms with van der Waals surface area (Å²) >= 11 is 0. The fourth-order valence-corrected chi connectivity index (χ4v) is 2.69. The van der Waals surface area contributed by atoms with Gasteiger partial charge in [-0.1, -0.05) is 44.2 Å². The third kappa shape index (κ3) is 4.09. The zero-order valence-electron chi connectivity index (χ0n) is 14.7. The van der Waals surface area contributed by atoms with E-state index in [0.29, 0.717) is 25.4 Å². The van der Waals surface area contributed by atoms with Crippen molar-refractivity contribution in [1.82, 2.24) is 14.6 Å². The van der Waals surface area contributed by atoms with E-state index >= 15 is 0 Å². The molecule has 3 N–H and O–H groups in total. The molecule has 0 atom stereocenters. The van der Waals surface area contributed by atoms with Crippen molar-refractivity contribution in [3.05, 3.63) is 53.7 Å². The van der Waals surface area contributed by atoms with Crippen LogP contribution in [-0.2, 0) is 6.54 Å². The van der Waals surface area contributed by atoms with Crippen molar-refractivity contribution in [3.63, 3.8) is 0 Å². The lowest BCUT2D eigenvalue weighted by molar-refractivity contribution is 0.292. The molecule has 2 heterocycles. The summed E-state index contributed by atoms with van der Waals surface area (Å²) in [6, 6.07) is 12.2. The average Bonchev–Trinajstić information content (AvgIpc) is 3.05. The van der Waals surface area contributed by atoms with Crippen LogP contribution in [-0.4, -0.2) is 32.9 Å². The van der Waals surface area contributed by atoms with E-state index in [-0.39, 0.29) is 6.61 Å². The van der Waals surface area contributed by atoms with Crippen molar-refractivity contribution >= 4 is 17.3 Å². The Kier molecular flexibility index (Phi) is 5.50. The predicted octanol–water partition coefficient (Wildman–Crippen LogP) is 3.26. The molecule has 3 aromatic rings. The number of benzene rings is 1. The SMILES string of the molecule is CC(C)c1cnn2c(NCc3ccccc3)cc(NCCCO)nc12. The van der Waals surface area contributed by atoms with Gasteiger partial charge in [-0.15, -0.1) is 0 Å². The standard InChI is InChI=1S/C19H25N5O/c1-14(2)16-13-22-24-18(21-12-15-7-4-3-5-8-15)11-17(23-19(16)24)20-9-6-10-25/h3-5,7-8,11,13-14,21,25H,6,9-10,12H2,1-2H3,(H,20,23). The molecular weight excluding hydrogens is 314 g/mol. The van der Waals surface area contributed by atoms with E-state index in [2.05, 4.69) is 41.7 Å². The Morgan fingerprint density at radius 1 is 1.16 bits per heavy atom. The molecule has 1 aromatic carbocycles. The van der Waals surface area contributed by atoms with E-state index in [1.807, 2.05) is 35.0 Å². The van der Waals surface area contributed by atoms with Crippen molar-refractivity contribution in [2.24, 2.45) is 0 Å². The summed E-state index contributed by atoms with van der Waals surface area (Å²) in [7, 11) is 0. The fraction of sp³-hybridized carbons (Fsp3) is 0.368. The Morgan fingerprint density at radius 2 is 1.96 bits per heavy atom. The molecule has 25 heavy (non-hydrogen) atoms. The van der Waals surface area contributed by atoms with Gasteiger partial charge in [0, 0.05) is 31.3 Å². The number of anilines is 2. The molecule has 0 saturated heterocycles. The molecule has 3 rings (SSSR count). The minimum absolute atomic E-state index is 0.165. The van der Waals surface area contributed by atoms with Gasteiger partial charge in [0.25, 0.3) is 0 Å². The topological polar surface area (TPSA) is 74.5 Å². The summed E-state index contributed by atoms with van der Waals surface area (Å²) in [5, 5.41) is 20.2. The van der Waals surface area contributed by atoms with E-state index < -0.39 is 0 Å². The number of nitrogens with one attached hydrogen (secondary N) is 2. The summed E-state index contributed by atoms with van der Waals surface area (Å²) in [6.45, 7) is 5.84. The van der Waals surface area contributed by atoms with Crippen molar-refractivity contribution in [2.75, 3.05) is 23.8 Å². The lowest BCUT2D eigenvalue weighted by Crippen LogP contribution is -2.10. The first-order valence-corrected chi connectivity index (χ1v) is 8.70. The molecule has 6 nitrogen and oxygen atoms in total. The van der Waals surface area contributed by atoms with Crippen LogP contribution >= 0.6 is 0 Å². The van der Waals surface area contributed by atoms with Crippen LogP contribution in [0.3, 0.4) is 0 Å². The Bertz CT molecular complexity index is 813. The van der Waals surface area contributed by atoms with Gasteiger partial charge in [-0.05, 0) is 17.9 Å². The lowest BCUT2D eigenvalue weighted by Gasteiger charge is -2.12. The number of aliphatic hydroxyl groups excluding tert-OH is 1. The monoisotopic (exact) mass is 339 g/mol. The van der Waals surface area contributed by atoms with E-state index in [4.69, 9.17) is 10.1 Å². The maximum atomic E-state index is 8.98. The molecule has 0 aliphatic heterocycles. The first-order valence-electron chi connectivity index (χ1n) is 8.70. The highest BCUT2D eigenvalue weighted by molar-refractivity contribution is 5.61. The van der Waals surface area contributed by atoms with Crippen LogP contribution in [0.15, 0.2) is 42.6 Å². The molecule has 6 heteroatoms. The summed E-state index contributed by atoms with van der Waals surface area (Å²) in [4.78, 5) is 4.71. The minimum atomic E-state index is 0.165. The molecule has 0 unspecified atom stereocenters. The third-order valence-corrected chi connectivity index (χ3v) is 4.08. The highest BCUT2D eigenvalue weighted by Crippen LogP contribution is 2.24. The zero-order valence-corrected chi connectivity index (χ0v) is 14.7. The number of hydrogen-bond donors (Lipinski definition) is 3. The highest BCUT2D eigenvalue weighted by Gasteiger charge is 2.13. The second kappa shape index (κ2) is 7.98. The molecule has 0 saturated carbocycles. The van der Waals surface area contributed by atoms with Crippen molar-refractivity contribution in [1.29, 1.82) is 0 Å². The maximum Gasteiger partial charge on any atom is 0.163 e. The molecule has 0 aliphatic carbocycles. The van der Waals surface area contributed by atoms with Crippen LogP contribution in [0, 0.1) is 0 Å². The fourth-order valence-electron chi connectivity index (χ4n) is 2.69. The van der Waals surface area contributed by atoms with Crippen LogP contribution < -0.4 is 10.6 Å². The molecule has 0 fully saturated rings. The van der Waals surface area contributed by atoms with E-state index in [1.165, 1.54) is 5.56 Å². The number of hydrogen-bond acceptors (Lipinski definition) is 5. The van der Waals surface area contributed by atoms with Crippen molar-refractivity contribution in [2.45, 2.75) is 32.7 Å². The summed E-state index contributed by atoms with van der Waals surface area (Å²) in [5.74, 6) is 2.03. The second-order valence-corrected chi connectivity index (χ2v) is 6.36. The summed E-state index contributed by atoms with van der Waals surface area (Å²) in [6.07, 6.45) is 2.58. The first kappa shape index (κ1) is 17.2. The molecule has 2 aromatic heterocycles. The quantitative estimate of drug-likeness (QED) is 0.549. The van der Waals surface area contributed by atoms with Crippen LogP contribution in [0.2, 0.25) is 0 Å². The van der Waals surface area contributed by atoms with Gasteiger partial charge in [0.2, 0.25) is 0 Å². The van der Waals surface area contributed by atoms with E-state index in [0.717, 1.165) is 22.8 Å². The largest absolute Gasteiger partial charge is 0.396 e. The molecule has 0 spiro atoms. The van der Waals surface area contributed by atoms with Gasteiger partial charge >= 0.3 is 0 Å². The summed E-state index contributed by atoms with van der Waals surface area (Å²) < 4.78 is 1.86. The molecule has 0 aliphatic rings. The van der Waals surface area contributed by atoms with Crippen LogP contribution in [0.1, 0.15) is 37.3 Å². The predicted molar refractivity (Wildman–Crippen MR) is 101 cm³/mol. The third-order valence-electron chi connectivity index (χ3n) is 4.08. The van der Waals surface area contributed by atoms with Gasteiger partial charge in [-0.3, -0.25) is 0 Å². The van der Waals surface area contributed by atoms with Gasteiger partial charge in [0.15, 0.2) is 5.65 Å². The van der Waals surface area contributed by atoms with Gasteiger partial charge < -0.3 is 15.7 Å². The number of fused-ring (bicyclic) bond motifs is 1. The first-order chi connectivity index (χ1) is 12.2. The normalized spacial score (nSPS) is 11.2. The highest BCUT2D eigenvalue weighted by atomic mass is 16.3. The Hall–Kier alpha value is -2.60. The van der Waals surface area contributed by atoms with E-state index in [1.54, 1.807) is 0 Å². The maximum absolute atomic E-state index is 8.98. The number of aromatic nitrogens is 3. The zero-order chi connectivity index (χ0) is 17.6. The second-order valence-electron chi connectivity index (χ2n) is 6.36. The molecule has 0 bridgehead atoms. The molecule has 132 valence electrons. The Morgan fingerprint density at radius 3 is 2.68 bits per heavy atom. The van der Waals surface area contributed by atoms with Crippen molar-refractivity contribution in [3.8, 4) is 0 Å². The molecular formula is C19H25N5O. The van der Waals surface area contributed by atoms with Gasteiger partial charge in [0.05, 0.1) is 6.20 Å².